The van der Waals surface area contributed by atoms with Crippen LogP contribution in [0.1, 0.15) is 0 Å². The summed E-state index contributed by atoms with van der Waals surface area (Å²) in [5.74, 6) is 2.00. The molecule has 1 N–H and O–H groups in total. The lowest BCUT2D eigenvalue weighted by atomic mass is 10.3. The number of pyridine rings is 1. The van der Waals surface area contributed by atoms with Crippen molar-refractivity contribution in [2.45, 2.75) is 0 Å². The maximum Gasteiger partial charge on any atom is 0.233 e. The molecular formula is C22H24ClFN8O. The van der Waals surface area contributed by atoms with Gasteiger partial charge < -0.3 is 24.8 Å². The summed E-state index contributed by atoms with van der Waals surface area (Å²) in [4.78, 5) is 24.8. The van der Waals surface area contributed by atoms with Gasteiger partial charge in [-0.15, -0.1) is 0 Å². The molecule has 0 amide bonds. The van der Waals surface area contributed by atoms with E-state index in [0.29, 0.717) is 67.9 Å². The Balaban J connectivity index is 1.38. The molecule has 1 aromatic carbocycles. The van der Waals surface area contributed by atoms with Crippen molar-refractivity contribution in [2.24, 2.45) is 0 Å². The molecule has 2 aromatic heterocycles. The molecule has 33 heavy (non-hydrogen) atoms. The summed E-state index contributed by atoms with van der Waals surface area (Å²) < 4.78 is 19.1. The molecule has 0 atom stereocenters. The largest absolute Gasteiger partial charge is 0.378 e. The second-order valence-corrected chi connectivity index (χ2v) is 8.18. The molecule has 2 saturated heterocycles. The smallest absolute Gasteiger partial charge is 0.233 e. The number of anilines is 5. The zero-order valence-corrected chi connectivity index (χ0v) is 18.7. The van der Waals surface area contributed by atoms with Crippen LogP contribution in [0, 0.1) is 5.82 Å². The van der Waals surface area contributed by atoms with Gasteiger partial charge in [-0.1, -0.05) is 17.7 Å². The Hall–Kier alpha value is -3.24. The topological polar surface area (TPSA) is 82.5 Å². The van der Waals surface area contributed by atoms with E-state index >= 15 is 0 Å². The fraction of sp³-hybridized carbons (Fsp3) is 0.364. The number of aromatic nitrogens is 4. The third-order valence-electron chi connectivity index (χ3n) is 5.59. The van der Waals surface area contributed by atoms with Gasteiger partial charge >= 0.3 is 0 Å². The molecule has 9 nitrogen and oxygen atoms in total. The average molecular weight is 471 g/mol. The molecule has 3 aromatic rings. The zero-order valence-electron chi connectivity index (χ0n) is 18.0. The van der Waals surface area contributed by atoms with Crippen LogP contribution in [0.4, 0.5) is 33.7 Å². The number of morpholine rings is 1. The number of halogens is 2. The van der Waals surface area contributed by atoms with Crippen molar-refractivity contribution in [1.82, 2.24) is 19.9 Å². The van der Waals surface area contributed by atoms with E-state index in [-0.39, 0.29) is 5.82 Å². The molecule has 0 aliphatic carbocycles. The van der Waals surface area contributed by atoms with Crippen molar-refractivity contribution in [1.29, 1.82) is 0 Å². The SMILES string of the molecule is Fc1cccc(Nc2nc(N3CCOCC3)nc(N3CCN(c4ncccc4Cl)CC3)n2)c1. The molecule has 0 saturated carbocycles. The second kappa shape index (κ2) is 9.72. The highest BCUT2D eigenvalue weighted by molar-refractivity contribution is 6.32. The number of hydrogen-bond acceptors (Lipinski definition) is 9. The fourth-order valence-corrected chi connectivity index (χ4v) is 4.12. The number of benzene rings is 1. The number of nitrogens with one attached hydrogen (secondary N) is 1. The minimum Gasteiger partial charge on any atom is -0.378 e. The van der Waals surface area contributed by atoms with E-state index in [0.717, 1.165) is 18.9 Å². The lowest BCUT2D eigenvalue weighted by molar-refractivity contribution is 0.122. The van der Waals surface area contributed by atoms with Crippen LogP contribution in [-0.2, 0) is 4.74 Å². The Morgan fingerprint density at radius 2 is 1.55 bits per heavy atom. The zero-order chi connectivity index (χ0) is 22.6. The number of hydrogen-bond donors (Lipinski definition) is 1. The van der Waals surface area contributed by atoms with Crippen molar-refractivity contribution >= 4 is 41.0 Å². The standard InChI is InChI=1S/C22H24ClFN8O/c23-18-5-2-6-25-19(18)30-7-9-31(10-8-30)21-27-20(26-17-4-1-3-16(24)15-17)28-22(29-21)32-11-13-33-14-12-32/h1-6,15H,7-14H2,(H,26,27,28,29). The van der Waals surface area contributed by atoms with Gasteiger partial charge in [-0.25, -0.2) is 9.37 Å². The van der Waals surface area contributed by atoms with Crippen molar-refractivity contribution in [3.05, 3.63) is 53.4 Å². The van der Waals surface area contributed by atoms with E-state index in [4.69, 9.17) is 21.3 Å². The lowest BCUT2D eigenvalue weighted by Gasteiger charge is -2.36. The number of nitrogens with zero attached hydrogens (tertiary/aromatic N) is 7. The molecule has 172 valence electrons. The first-order valence-corrected chi connectivity index (χ1v) is 11.3. The number of piperazine rings is 1. The van der Waals surface area contributed by atoms with Gasteiger partial charge in [0.25, 0.3) is 0 Å². The highest BCUT2D eigenvalue weighted by Gasteiger charge is 2.24. The first kappa shape index (κ1) is 21.6. The average Bonchev–Trinajstić information content (AvgIpc) is 2.85. The van der Waals surface area contributed by atoms with Crippen LogP contribution in [0.25, 0.3) is 0 Å². The molecule has 2 aliphatic heterocycles. The fourth-order valence-electron chi connectivity index (χ4n) is 3.88. The predicted molar refractivity (Wildman–Crippen MR) is 126 cm³/mol. The van der Waals surface area contributed by atoms with E-state index in [1.54, 1.807) is 18.3 Å². The van der Waals surface area contributed by atoms with Gasteiger partial charge in [0.2, 0.25) is 17.8 Å². The Kier molecular flexibility index (Phi) is 6.36. The molecular weight excluding hydrogens is 447 g/mol. The minimum absolute atomic E-state index is 0.327. The van der Waals surface area contributed by atoms with E-state index in [2.05, 4.69) is 35.0 Å². The lowest BCUT2D eigenvalue weighted by Crippen LogP contribution is -2.47. The number of rotatable bonds is 5. The third kappa shape index (κ3) is 5.07. The molecule has 0 spiro atoms. The number of ether oxygens (including phenoxy) is 1. The van der Waals surface area contributed by atoms with Crippen LogP contribution < -0.4 is 20.0 Å². The molecule has 0 bridgehead atoms. The second-order valence-electron chi connectivity index (χ2n) is 7.78. The molecule has 2 fully saturated rings. The van der Waals surface area contributed by atoms with Gasteiger partial charge in [0.05, 0.1) is 18.2 Å². The predicted octanol–water partition coefficient (Wildman–Crippen LogP) is 2.97. The van der Waals surface area contributed by atoms with Crippen LogP contribution in [0.3, 0.4) is 0 Å². The van der Waals surface area contributed by atoms with E-state index < -0.39 is 0 Å². The van der Waals surface area contributed by atoms with Gasteiger partial charge in [0.1, 0.15) is 11.6 Å². The molecule has 11 heteroatoms. The molecule has 0 unspecified atom stereocenters. The quantitative estimate of drug-likeness (QED) is 0.605. The van der Waals surface area contributed by atoms with Gasteiger partial charge in [-0.2, -0.15) is 15.0 Å². The normalized spacial score (nSPS) is 16.7. The summed E-state index contributed by atoms with van der Waals surface area (Å²) in [6, 6.07) is 9.90. The van der Waals surface area contributed by atoms with Crippen LogP contribution in [0.15, 0.2) is 42.6 Å². The van der Waals surface area contributed by atoms with Crippen molar-refractivity contribution in [2.75, 3.05) is 72.5 Å². The van der Waals surface area contributed by atoms with E-state index in [9.17, 15) is 4.39 Å². The molecule has 5 rings (SSSR count). The monoisotopic (exact) mass is 470 g/mol. The van der Waals surface area contributed by atoms with Crippen LogP contribution >= 0.6 is 11.6 Å². The van der Waals surface area contributed by atoms with Gasteiger partial charge in [0.15, 0.2) is 0 Å². The van der Waals surface area contributed by atoms with Crippen molar-refractivity contribution < 1.29 is 9.13 Å². The van der Waals surface area contributed by atoms with Gasteiger partial charge in [-0.3, -0.25) is 0 Å². The Morgan fingerprint density at radius 3 is 2.24 bits per heavy atom. The summed E-state index contributed by atoms with van der Waals surface area (Å²) >= 11 is 6.33. The Labute approximate surface area is 196 Å². The summed E-state index contributed by atoms with van der Waals surface area (Å²) in [5, 5.41) is 3.76. The summed E-state index contributed by atoms with van der Waals surface area (Å²) in [6.07, 6.45) is 1.75. The molecule has 0 radical (unpaired) electrons. The van der Waals surface area contributed by atoms with Crippen molar-refractivity contribution in [3.8, 4) is 0 Å². The van der Waals surface area contributed by atoms with E-state index in [1.165, 1.54) is 12.1 Å². The summed E-state index contributed by atoms with van der Waals surface area (Å²) in [7, 11) is 0. The molecule has 2 aliphatic rings. The minimum atomic E-state index is -0.327. The Morgan fingerprint density at radius 1 is 0.848 bits per heavy atom. The Bertz CT molecular complexity index is 1110. The van der Waals surface area contributed by atoms with Crippen LogP contribution in [0.5, 0.6) is 0 Å². The first-order chi connectivity index (χ1) is 16.2. The van der Waals surface area contributed by atoms with Gasteiger partial charge in [0, 0.05) is 51.2 Å². The van der Waals surface area contributed by atoms with Gasteiger partial charge in [-0.05, 0) is 30.3 Å². The highest BCUT2D eigenvalue weighted by Crippen LogP contribution is 2.26. The first-order valence-electron chi connectivity index (χ1n) is 10.9. The highest BCUT2D eigenvalue weighted by atomic mass is 35.5. The summed E-state index contributed by atoms with van der Waals surface area (Å²) in [6.45, 7) is 5.54. The third-order valence-corrected chi connectivity index (χ3v) is 5.88. The van der Waals surface area contributed by atoms with Crippen molar-refractivity contribution in [3.63, 3.8) is 0 Å². The maximum atomic E-state index is 13.7. The molecule has 4 heterocycles. The van der Waals surface area contributed by atoms with Crippen LogP contribution in [-0.4, -0.2) is 72.4 Å². The van der Waals surface area contributed by atoms with Crippen LogP contribution in [0.2, 0.25) is 5.02 Å². The summed E-state index contributed by atoms with van der Waals surface area (Å²) in [5.41, 5.74) is 0.578. The maximum absolute atomic E-state index is 13.7. The van der Waals surface area contributed by atoms with E-state index in [1.807, 2.05) is 12.1 Å².